The molecule has 0 saturated heterocycles. The predicted molar refractivity (Wildman–Crippen MR) is 72.9 cm³/mol. The van der Waals surface area contributed by atoms with Crippen molar-refractivity contribution in [3.63, 3.8) is 0 Å². The van der Waals surface area contributed by atoms with Crippen molar-refractivity contribution in [2.24, 2.45) is 5.41 Å². The molecule has 0 radical (unpaired) electrons. The highest BCUT2D eigenvalue weighted by atomic mass is 16.6. The highest BCUT2D eigenvalue weighted by Crippen LogP contribution is 2.68. The molecule has 4 saturated carbocycles. The lowest BCUT2D eigenvalue weighted by molar-refractivity contribution is -0.267. The summed E-state index contributed by atoms with van der Waals surface area (Å²) in [5, 5.41) is 0. The molecule has 0 aliphatic heterocycles. The van der Waals surface area contributed by atoms with E-state index in [1.807, 2.05) is 0 Å². The van der Waals surface area contributed by atoms with Gasteiger partial charge < -0.3 is 9.47 Å². The van der Waals surface area contributed by atoms with E-state index in [1.54, 1.807) is 6.92 Å². The summed E-state index contributed by atoms with van der Waals surface area (Å²) in [6, 6.07) is 0. The molecule has 1 unspecified atom stereocenters. The molecular weight excluding hydrogens is 256 g/mol. The maximum Gasteiger partial charge on any atom is 0.333 e. The topological polar surface area (TPSA) is 52.6 Å². The van der Waals surface area contributed by atoms with Gasteiger partial charge in [0.25, 0.3) is 0 Å². The summed E-state index contributed by atoms with van der Waals surface area (Å²) in [4.78, 5) is 23.3. The predicted octanol–water partition coefficient (Wildman–Crippen LogP) is 2.90. The van der Waals surface area contributed by atoms with Gasteiger partial charge in [-0.2, -0.15) is 0 Å². The van der Waals surface area contributed by atoms with E-state index in [-0.39, 0.29) is 23.0 Å². The third-order valence-corrected chi connectivity index (χ3v) is 5.09. The van der Waals surface area contributed by atoms with Gasteiger partial charge in [0.1, 0.15) is 11.2 Å². The zero-order valence-electron chi connectivity index (χ0n) is 12.3. The molecule has 4 aliphatic rings. The van der Waals surface area contributed by atoms with Gasteiger partial charge in [0.05, 0.1) is 0 Å². The van der Waals surface area contributed by atoms with Gasteiger partial charge in [-0.15, -0.1) is 0 Å². The summed E-state index contributed by atoms with van der Waals surface area (Å²) in [5.41, 5.74) is -0.179. The van der Waals surface area contributed by atoms with E-state index in [1.165, 1.54) is 6.92 Å². The lowest BCUT2D eigenvalue weighted by Crippen LogP contribution is -2.67. The number of carbonyl (C=O) groups excluding carboxylic acids is 2. The first-order valence-corrected chi connectivity index (χ1v) is 7.36. The molecule has 0 aromatic rings. The molecule has 20 heavy (non-hydrogen) atoms. The number of esters is 2. The van der Waals surface area contributed by atoms with Crippen LogP contribution >= 0.6 is 0 Å². The van der Waals surface area contributed by atoms with E-state index in [4.69, 9.17) is 9.47 Å². The van der Waals surface area contributed by atoms with E-state index in [9.17, 15) is 9.59 Å². The van der Waals surface area contributed by atoms with E-state index >= 15 is 0 Å². The Kier molecular flexibility index (Phi) is 2.79. The van der Waals surface area contributed by atoms with Crippen LogP contribution in [-0.4, -0.2) is 23.1 Å². The molecular formula is C16H22O4. The lowest BCUT2D eigenvalue weighted by Gasteiger charge is -2.67. The molecule has 0 heterocycles. The van der Waals surface area contributed by atoms with Crippen molar-refractivity contribution < 1.29 is 19.1 Å². The van der Waals surface area contributed by atoms with Gasteiger partial charge in [-0.3, -0.25) is 4.79 Å². The standard InChI is InChI=1S/C16H22O4/c1-11(2)13(18)20-15-6-4-5-14(7-15)8-16(9-14,10-15)19-12(3)17/h1,4-10H2,2-3H3. The maximum atomic E-state index is 11.9. The van der Waals surface area contributed by atoms with Gasteiger partial charge in [-0.25, -0.2) is 4.79 Å². The summed E-state index contributed by atoms with van der Waals surface area (Å²) in [6.07, 6.45) is 6.55. The third kappa shape index (κ3) is 2.05. The SMILES string of the molecule is C=C(C)C(=O)OC12CCCC3(CC(OC(C)=O)(C3)C1)C2. The van der Waals surface area contributed by atoms with Crippen molar-refractivity contribution in [1.82, 2.24) is 0 Å². The highest BCUT2D eigenvalue weighted by Gasteiger charge is 2.68. The fourth-order valence-electron chi connectivity index (χ4n) is 4.95. The molecule has 1 spiro atoms. The summed E-state index contributed by atoms with van der Waals surface area (Å²) in [7, 11) is 0. The molecule has 3 bridgehead atoms. The number of ether oxygens (including phenoxy) is 2. The zero-order chi connectivity index (χ0) is 14.6. The Balaban J connectivity index is 1.82. The van der Waals surface area contributed by atoms with Crippen LogP contribution in [0.1, 0.15) is 58.8 Å². The van der Waals surface area contributed by atoms with Gasteiger partial charge in [-0.05, 0) is 50.9 Å². The number of hydrogen-bond donors (Lipinski definition) is 0. The van der Waals surface area contributed by atoms with Crippen molar-refractivity contribution in [1.29, 1.82) is 0 Å². The Morgan fingerprint density at radius 3 is 2.20 bits per heavy atom. The first-order valence-electron chi connectivity index (χ1n) is 7.36. The van der Waals surface area contributed by atoms with E-state index in [0.717, 1.165) is 38.5 Å². The maximum absolute atomic E-state index is 11.9. The van der Waals surface area contributed by atoms with Crippen LogP contribution in [-0.2, 0) is 19.1 Å². The van der Waals surface area contributed by atoms with Gasteiger partial charge in [0, 0.05) is 18.9 Å². The summed E-state index contributed by atoms with van der Waals surface area (Å²) < 4.78 is 11.4. The molecule has 4 heteroatoms. The quantitative estimate of drug-likeness (QED) is 0.588. The van der Waals surface area contributed by atoms with E-state index in [2.05, 4.69) is 6.58 Å². The van der Waals surface area contributed by atoms with Gasteiger partial charge in [0.15, 0.2) is 0 Å². The van der Waals surface area contributed by atoms with Crippen LogP contribution < -0.4 is 0 Å². The Labute approximate surface area is 119 Å². The second-order valence-electron chi connectivity index (χ2n) is 7.19. The van der Waals surface area contributed by atoms with E-state index in [0.29, 0.717) is 12.0 Å². The van der Waals surface area contributed by atoms with Crippen LogP contribution in [0.3, 0.4) is 0 Å². The zero-order valence-corrected chi connectivity index (χ0v) is 12.3. The van der Waals surface area contributed by atoms with E-state index < -0.39 is 5.60 Å². The molecule has 0 aromatic carbocycles. The molecule has 0 N–H and O–H groups in total. The van der Waals surface area contributed by atoms with Crippen molar-refractivity contribution in [3.05, 3.63) is 12.2 Å². The molecule has 4 aliphatic carbocycles. The molecule has 110 valence electrons. The Morgan fingerprint density at radius 2 is 1.60 bits per heavy atom. The summed E-state index contributed by atoms with van der Waals surface area (Å²) in [5.74, 6) is -0.553. The van der Waals surface area contributed by atoms with Crippen LogP contribution in [0.5, 0.6) is 0 Å². The van der Waals surface area contributed by atoms with Crippen molar-refractivity contribution in [2.75, 3.05) is 0 Å². The van der Waals surface area contributed by atoms with Crippen molar-refractivity contribution in [3.8, 4) is 0 Å². The fourth-order valence-corrected chi connectivity index (χ4v) is 4.95. The normalized spacial score (nSPS) is 41.3. The Bertz CT molecular complexity index is 487. The van der Waals surface area contributed by atoms with Crippen LogP contribution in [0.25, 0.3) is 0 Å². The second kappa shape index (κ2) is 4.09. The smallest absolute Gasteiger partial charge is 0.333 e. The largest absolute Gasteiger partial charge is 0.459 e. The van der Waals surface area contributed by atoms with Crippen LogP contribution in [0.4, 0.5) is 0 Å². The minimum absolute atomic E-state index is 0.224. The lowest BCUT2D eigenvalue weighted by atomic mass is 9.43. The molecule has 0 aromatic heterocycles. The Morgan fingerprint density at radius 1 is 0.950 bits per heavy atom. The average Bonchev–Trinajstić information content (AvgIpc) is 2.24. The molecule has 1 atom stereocenters. The van der Waals surface area contributed by atoms with Crippen LogP contribution in [0.2, 0.25) is 0 Å². The monoisotopic (exact) mass is 278 g/mol. The highest BCUT2D eigenvalue weighted by molar-refractivity contribution is 5.87. The minimum Gasteiger partial charge on any atom is -0.459 e. The molecule has 4 fully saturated rings. The van der Waals surface area contributed by atoms with Gasteiger partial charge >= 0.3 is 11.9 Å². The number of hydrogen-bond acceptors (Lipinski definition) is 4. The van der Waals surface area contributed by atoms with Crippen LogP contribution in [0, 0.1) is 5.41 Å². The third-order valence-electron chi connectivity index (χ3n) is 5.09. The molecule has 4 nitrogen and oxygen atoms in total. The summed E-state index contributed by atoms with van der Waals surface area (Å²) >= 11 is 0. The molecule has 4 rings (SSSR count). The first-order chi connectivity index (χ1) is 9.28. The Hall–Kier alpha value is -1.32. The van der Waals surface area contributed by atoms with Crippen molar-refractivity contribution in [2.45, 2.75) is 70.0 Å². The summed E-state index contributed by atoms with van der Waals surface area (Å²) in [6.45, 7) is 6.78. The number of carbonyl (C=O) groups is 2. The second-order valence-corrected chi connectivity index (χ2v) is 7.19. The van der Waals surface area contributed by atoms with Crippen LogP contribution in [0.15, 0.2) is 12.2 Å². The van der Waals surface area contributed by atoms with Gasteiger partial charge in [-0.1, -0.05) is 6.58 Å². The number of rotatable bonds is 3. The first kappa shape index (κ1) is 13.7. The molecule has 0 amide bonds. The fraction of sp³-hybridized carbons (Fsp3) is 0.750. The van der Waals surface area contributed by atoms with Gasteiger partial charge in [0.2, 0.25) is 0 Å². The minimum atomic E-state index is -0.444. The average molecular weight is 278 g/mol. The van der Waals surface area contributed by atoms with Crippen molar-refractivity contribution >= 4 is 11.9 Å².